The van der Waals surface area contributed by atoms with Crippen LogP contribution in [0.25, 0.3) is 22.3 Å². The molecule has 0 N–H and O–H groups in total. The predicted octanol–water partition coefficient (Wildman–Crippen LogP) is 7.20. The van der Waals surface area contributed by atoms with E-state index in [2.05, 4.69) is 13.2 Å². The Balaban J connectivity index is 2.01. The van der Waals surface area contributed by atoms with Crippen LogP contribution >= 0.6 is 0 Å². The number of hydrogen-bond donors (Lipinski definition) is 0. The summed E-state index contributed by atoms with van der Waals surface area (Å²) in [7, 11) is 0. The molecule has 0 unspecified atom stereocenters. The predicted molar refractivity (Wildman–Crippen MR) is 149 cm³/mol. The van der Waals surface area contributed by atoms with Gasteiger partial charge in [-0.1, -0.05) is 31.4 Å². The summed E-state index contributed by atoms with van der Waals surface area (Å²) < 4.78 is 37.0. The Bertz CT molecular complexity index is 1390. The van der Waals surface area contributed by atoms with Gasteiger partial charge in [0.15, 0.2) is 0 Å². The normalized spacial score (nSPS) is 10.7. The summed E-state index contributed by atoms with van der Waals surface area (Å²) in [6.45, 7) is 15.7. The lowest BCUT2D eigenvalue weighted by Crippen LogP contribution is -2.10. The minimum Gasteiger partial charge on any atom is -0.423 e. The van der Waals surface area contributed by atoms with Crippen molar-refractivity contribution >= 4 is 11.9 Å². The van der Waals surface area contributed by atoms with Crippen LogP contribution in [0.1, 0.15) is 38.8 Å². The average molecular weight is 533 g/mol. The third-order valence-corrected chi connectivity index (χ3v) is 5.76. The number of carbonyl (C=O) groups is 2. The van der Waals surface area contributed by atoms with E-state index in [0.717, 1.165) is 16.7 Å². The number of carbonyl (C=O) groups excluding carboxylic acids is 2. The van der Waals surface area contributed by atoms with E-state index in [0.29, 0.717) is 47.8 Å². The first-order valence-corrected chi connectivity index (χ1v) is 12.6. The molecule has 204 valence electrons. The third-order valence-electron chi connectivity index (χ3n) is 5.76. The summed E-state index contributed by atoms with van der Waals surface area (Å²) in [6, 6.07) is 15.4. The minimum absolute atomic E-state index is 0.102. The first-order valence-electron chi connectivity index (χ1n) is 12.6. The molecule has 0 aliphatic rings. The molecule has 0 aromatic heterocycles. The second-order valence-corrected chi connectivity index (χ2v) is 8.95. The molecule has 0 saturated carbocycles. The van der Waals surface area contributed by atoms with Crippen molar-refractivity contribution in [2.24, 2.45) is 0 Å². The van der Waals surface area contributed by atoms with Crippen LogP contribution in [0, 0.1) is 5.82 Å². The van der Waals surface area contributed by atoms with Crippen LogP contribution in [-0.2, 0) is 32.3 Å². The van der Waals surface area contributed by atoms with Crippen LogP contribution in [0.3, 0.4) is 0 Å². The molecule has 7 heteroatoms. The maximum absolute atomic E-state index is 15.1. The van der Waals surface area contributed by atoms with E-state index in [-0.39, 0.29) is 17.9 Å². The van der Waals surface area contributed by atoms with Crippen molar-refractivity contribution in [1.82, 2.24) is 0 Å². The number of esters is 2. The average Bonchev–Trinajstić information content (AvgIpc) is 2.91. The van der Waals surface area contributed by atoms with E-state index in [9.17, 15) is 9.59 Å². The van der Waals surface area contributed by atoms with Gasteiger partial charge in [-0.2, -0.15) is 0 Å². The lowest BCUT2D eigenvalue weighted by atomic mass is 9.94. The van der Waals surface area contributed by atoms with Crippen LogP contribution in [0.5, 0.6) is 11.5 Å². The molecule has 0 radical (unpaired) electrons. The lowest BCUT2D eigenvalue weighted by molar-refractivity contribution is -0.131. The molecule has 39 heavy (non-hydrogen) atoms. The summed E-state index contributed by atoms with van der Waals surface area (Å²) >= 11 is 0. The van der Waals surface area contributed by atoms with Gasteiger partial charge in [0.1, 0.15) is 17.3 Å². The van der Waals surface area contributed by atoms with Gasteiger partial charge < -0.3 is 18.9 Å². The van der Waals surface area contributed by atoms with Crippen LogP contribution in [0.2, 0.25) is 0 Å². The Morgan fingerprint density at radius 1 is 0.718 bits per heavy atom. The molecule has 3 aromatic carbocycles. The zero-order valence-electron chi connectivity index (χ0n) is 22.8. The molecule has 0 saturated heterocycles. The molecule has 3 rings (SSSR count). The first kappa shape index (κ1) is 29.5. The van der Waals surface area contributed by atoms with Crippen molar-refractivity contribution in [1.29, 1.82) is 0 Å². The molecule has 0 aliphatic heterocycles. The van der Waals surface area contributed by atoms with Gasteiger partial charge in [0.25, 0.3) is 0 Å². The Labute approximate surface area is 228 Å². The number of ether oxygens (including phenoxy) is 4. The first-order chi connectivity index (χ1) is 18.6. The largest absolute Gasteiger partial charge is 0.423 e. The molecule has 6 nitrogen and oxygen atoms in total. The van der Waals surface area contributed by atoms with Crippen molar-refractivity contribution in [2.45, 2.75) is 40.9 Å². The fourth-order valence-corrected chi connectivity index (χ4v) is 3.72. The molecule has 0 atom stereocenters. The zero-order valence-corrected chi connectivity index (χ0v) is 22.8. The zero-order chi connectivity index (χ0) is 28.5. The third kappa shape index (κ3) is 7.72. The van der Waals surface area contributed by atoms with Crippen molar-refractivity contribution in [3.8, 4) is 33.8 Å². The highest BCUT2D eigenvalue weighted by atomic mass is 19.1. The van der Waals surface area contributed by atoms with E-state index in [1.54, 1.807) is 25.1 Å². The Morgan fingerprint density at radius 3 is 1.87 bits per heavy atom. The molecule has 0 heterocycles. The summed E-state index contributed by atoms with van der Waals surface area (Å²) in [5.41, 5.74) is 4.83. The van der Waals surface area contributed by atoms with E-state index in [4.69, 9.17) is 18.9 Å². The van der Waals surface area contributed by atoms with Crippen LogP contribution in [0.15, 0.2) is 78.9 Å². The number of rotatable bonds is 12. The van der Waals surface area contributed by atoms with Crippen molar-refractivity contribution in [3.05, 3.63) is 95.8 Å². The van der Waals surface area contributed by atoms with Gasteiger partial charge in [0.05, 0.1) is 13.2 Å². The van der Waals surface area contributed by atoms with Gasteiger partial charge in [-0.15, -0.1) is 0 Å². The Kier molecular flexibility index (Phi) is 10.3. The van der Waals surface area contributed by atoms with Crippen LogP contribution in [-0.4, -0.2) is 25.2 Å². The van der Waals surface area contributed by atoms with E-state index in [1.165, 1.54) is 13.0 Å². The van der Waals surface area contributed by atoms with Crippen molar-refractivity contribution < 1.29 is 32.9 Å². The molecule has 0 amide bonds. The Morgan fingerprint density at radius 2 is 1.26 bits per heavy atom. The molecule has 0 spiro atoms. The second-order valence-electron chi connectivity index (χ2n) is 8.95. The molecular weight excluding hydrogens is 499 g/mol. The number of halogens is 1. The van der Waals surface area contributed by atoms with Gasteiger partial charge in [0.2, 0.25) is 0 Å². The highest BCUT2D eigenvalue weighted by Crippen LogP contribution is 2.34. The minimum atomic E-state index is -0.616. The van der Waals surface area contributed by atoms with Gasteiger partial charge >= 0.3 is 11.9 Å². The monoisotopic (exact) mass is 532 g/mol. The SMILES string of the molecule is C=C(C)C(=O)Oc1ccc(-c2ccc(-c3ccc(OC(=O)C(=C)C)c(COCC)c3)c(COCC)c2)c(F)c1. The van der Waals surface area contributed by atoms with Crippen LogP contribution in [0.4, 0.5) is 4.39 Å². The lowest BCUT2D eigenvalue weighted by Gasteiger charge is -2.16. The number of hydrogen-bond acceptors (Lipinski definition) is 6. The van der Waals surface area contributed by atoms with Gasteiger partial charge in [-0.25, -0.2) is 14.0 Å². The smallest absolute Gasteiger partial charge is 0.338 e. The molecule has 0 aliphatic carbocycles. The van der Waals surface area contributed by atoms with Gasteiger partial charge in [-0.05, 0) is 80.3 Å². The molecule has 3 aromatic rings. The van der Waals surface area contributed by atoms with E-state index in [1.807, 2.05) is 44.2 Å². The Hall–Kier alpha value is -4.07. The maximum Gasteiger partial charge on any atom is 0.338 e. The molecule has 0 fully saturated rings. The van der Waals surface area contributed by atoms with Crippen molar-refractivity contribution in [2.75, 3.05) is 13.2 Å². The van der Waals surface area contributed by atoms with Gasteiger partial charge in [0, 0.05) is 41.6 Å². The molecular formula is C32H33FO6. The molecule has 0 bridgehead atoms. The van der Waals surface area contributed by atoms with Crippen molar-refractivity contribution in [3.63, 3.8) is 0 Å². The fourth-order valence-electron chi connectivity index (χ4n) is 3.72. The summed E-state index contributed by atoms with van der Waals surface area (Å²) in [4.78, 5) is 23.9. The highest BCUT2D eigenvalue weighted by Gasteiger charge is 2.16. The van der Waals surface area contributed by atoms with E-state index >= 15 is 4.39 Å². The number of benzene rings is 3. The summed E-state index contributed by atoms with van der Waals surface area (Å²) in [5.74, 6) is -1.15. The van der Waals surface area contributed by atoms with Gasteiger partial charge in [-0.3, -0.25) is 0 Å². The second kappa shape index (κ2) is 13.6. The highest BCUT2D eigenvalue weighted by molar-refractivity contribution is 5.89. The van der Waals surface area contributed by atoms with Crippen LogP contribution < -0.4 is 9.47 Å². The topological polar surface area (TPSA) is 71.1 Å². The maximum atomic E-state index is 15.1. The summed E-state index contributed by atoms with van der Waals surface area (Å²) in [6.07, 6.45) is 0. The quantitative estimate of drug-likeness (QED) is 0.140. The fraction of sp³-hybridized carbons (Fsp3) is 0.250. The van der Waals surface area contributed by atoms with E-state index < -0.39 is 17.8 Å². The standard InChI is InChI=1S/C32H33FO6/c1-7-36-18-24-15-23(28-13-11-26(17-29(28)33)38-31(34)20(3)4)9-12-27(24)22-10-14-30(39-32(35)21(5)6)25(16-22)19-37-8-2/h9-17H,3,5,7-8,18-19H2,1-2,4,6H3. The summed E-state index contributed by atoms with van der Waals surface area (Å²) in [5, 5.41) is 0.